The zero-order chi connectivity index (χ0) is 18.1. The molecular weight excluding hydrogens is 352 g/mol. The van der Waals surface area contributed by atoms with Crippen LogP contribution in [0.25, 0.3) is 10.2 Å². The van der Waals surface area contributed by atoms with Gasteiger partial charge in [-0.1, -0.05) is 11.3 Å². The molecule has 9 heteroatoms. The van der Waals surface area contributed by atoms with Crippen molar-refractivity contribution >= 4 is 32.6 Å². The summed E-state index contributed by atoms with van der Waals surface area (Å²) in [5.41, 5.74) is 2.35. The fourth-order valence-electron chi connectivity index (χ4n) is 3.23. The van der Waals surface area contributed by atoms with Crippen LogP contribution in [-0.2, 0) is 7.05 Å². The van der Waals surface area contributed by atoms with Crippen LogP contribution < -0.4 is 15.4 Å². The molecule has 0 saturated carbocycles. The number of hydrogen-bond acceptors (Lipinski definition) is 7. The number of pyridine rings is 1. The quantitative estimate of drug-likeness (QED) is 0.729. The van der Waals surface area contributed by atoms with Gasteiger partial charge in [0.25, 0.3) is 5.91 Å². The van der Waals surface area contributed by atoms with Crippen LogP contribution in [0.3, 0.4) is 0 Å². The van der Waals surface area contributed by atoms with E-state index < -0.39 is 0 Å². The van der Waals surface area contributed by atoms with E-state index >= 15 is 0 Å². The molecule has 1 fully saturated rings. The van der Waals surface area contributed by atoms with Crippen molar-refractivity contribution in [3.63, 3.8) is 0 Å². The Bertz CT molecular complexity index is 944. The zero-order valence-corrected chi connectivity index (χ0v) is 15.5. The molecule has 1 aliphatic rings. The number of aryl methyl sites for hydroxylation is 1. The number of amides is 1. The third-order valence-corrected chi connectivity index (χ3v) is 5.55. The first-order valence-electron chi connectivity index (χ1n) is 8.50. The predicted molar refractivity (Wildman–Crippen MR) is 100.0 cm³/mol. The van der Waals surface area contributed by atoms with Gasteiger partial charge in [-0.25, -0.2) is 9.97 Å². The Morgan fingerprint density at radius 1 is 1.46 bits per heavy atom. The first kappa shape index (κ1) is 16.9. The molecule has 0 radical (unpaired) electrons. The Hall–Kier alpha value is -2.52. The third kappa shape index (κ3) is 3.15. The molecule has 1 saturated heterocycles. The number of aromatic nitrogens is 4. The molecule has 4 heterocycles. The van der Waals surface area contributed by atoms with Crippen LogP contribution in [0.2, 0.25) is 0 Å². The lowest BCUT2D eigenvalue weighted by Crippen LogP contribution is -2.28. The van der Waals surface area contributed by atoms with E-state index in [1.54, 1.807) is 25.0 Å². The lowest BCUT2D eigenvalue weighted by Gasteiger charge is -2.23. The number of fused-ring (bicyclic) bond motifs is 1. The van der Waals surface area contributed by atoms with Gasteiger partial charge < -0.3 is 10.1 Å². The van der Waals surface area contributed by atoms with Gasteiger partial charge in [-0.3, -0.25) is 14.8 Å². The molecule has 2 N–H and O–H groups in total. The van der Waals surface area contributed by atoms with Crippen LogP contribution in [-0.4, -0.2) is 45.9 Å². The number of anilines is 1. The molecule has 0 aromatic carbocycles. The molecule has 26 heavy (non-hydrogen) atoms. The van der Waals surface area contributed by atoms with Gasteiger partial charge in [0.15, 0.2) is 5.13 Å². The zero-order valence-electron chi connectivity index (χ0n) is 14.7. The highest BCUT2D eigenvalue weighted by atomic mass is 32.1. The van der Waals surface area contributed by atoms with Crippen molar-refractivity contribution in [1.82, 2.24) is 25.1 Å². The summed E-state index contributed by atoms with van der Waals surface area (Å²) < 4.78 is 7.98. The van der Waals surface area contributed by atoms with Crippen LogP contribution in [0.15, 0.2) is 18.6 Å². The minimum Gasteiger partial charge on any atom is -0.479 e. The summed E-state index contributed by atoms with van der Waals surface area (Å²) in [5.74, 6) is 0.641. The van der Waals surface area contributed by atoms with Gasteiger partial charge in [0.1, 0.15) is 5.52 Å². The predicted octanol–water partition coefficient (Wildman–Crippen LogP) is 2.15. The Morgan fingerprint density at radius 2 is 2.35 bits per heavy atom. The molecule has 3 aromatic heterocycles. The number of rotatable bonds is 4. The molecule has 4 rings (SSSR count). The number of nitrogens with zero attached hydrogens (tertiary/aromatic N) is 4. The average molecular weight is 372 g/mol. The lowest BCUT2D eigenvalue weighted by atomic mass is 9.93. The van der Waals surface area contributed by atoms with Crippen molar-refractivity contribution in [3.8, 4) is 5.88 Å². The smallest absolute Gasteiger partial charge is 0.260 e. The summed E-state index contributed by atoms with van der Waals surface area (Å²) in [6, 6.07) is 0. The van der Waals surface area contributed by atoms with E-state index in [0.717, 1.165) is 36.2 Å². The van der Waals surface area contributed by atoms with E-state index in [9.17, 15) is 4.79 Å². The van der Waals surface area contributed by atoms with Gasteiger partial charge in [0.2, 0.25) is 5.88 Å². The first-order valence-corrected chi connectivity index (χ1v) is 9.31. The molecule has 1 atom stereocenters. The number of hydrogen-bond donors (Lipinski definition) is 2. The van der Waals surface area contributed by atoms with E-state index in [2.05, 4.69) is 25.7 Å². The summed E-state index contributed by atoms with van der Waals surface area (Å²) in [4.78, 5) is 21.4. The number of carbonyl (C=O) groups excluding carboxylic acids is 1. The van der Waals surface area contributed by atoms with Crippen molar-refractivity contribution < 1.29 is 9.53 Å². The monoisotopic (exact) mass is 372 g/mol. The van der Waals surface area contributed by atoms with Crippen molar-refractivity contribution in [2.24, 2.45) is 7.05 Å². The van der Waals surface area contributed by atoms with E-state index in [0.29, 0.717) is 28.0 Å². The van der Waals surface area contributed by atoms with Crippen LogP contribution in [0.5, 0.6) is 5.88 Å². The van der Waals surface area contributed by atoms with E-state index in [1.165, 1.54) is 17.5 Å². The normalized spacial score (nSPS) is 17.4. The minimum atomic E-state index is -0.232. The number of nitrogens with one attached hydrogen (secondary N) is 2. The number of piperidine rings is 1. The maximum absolute atomic E-state index is 12.4. The standard InChI is InChI=1S/C17H20N6O2S/c1-23-9-11(7-20-23)15(24)22-17-21-13-14(26-17)12(8-19-16(13)25-2)10-4-3-5-18-6-10/h7-10,18H,3-6H2,1-2H3,(H,21,22,24). The summed E-state index contributed by atoms with van der Waals surface area (Å²) in [5, 5.41) is 10.9. The summed E-state index contributed by atoms with van der Waals surface area (Å²) >= 11 is 1.46. The van der Waals surface area contributed by atoms with Crippen LogP contribution in [0, 0.1) is 0 Å². The van der Waals surface area contributed by atoms with Gasteiger partial charge in [0, 0.05) is 26.0 Å². The Morgan fingerprint density at radius 3 is 3.04 bits per heavy atom. The fraction of sp³-hybridized carbons (Fsp3) is 0.412. The highest BCUT2D eigenvalue weighted by Gasteiger charge is 2.23. The van der Waals surface area contributed by atoms with E-state index in [4.69, 9.17) is 4.74 Å². The lowest BCUT2D eigenvalue weighted by molar-refractivity contribution is 0.102. The molecule has 136 valence electrons. The maximum atomic E-state index is 12.4. The van der Waals surface area contributed by atoms with Gasteiger partial charge in [-0.2, -0.15) is 5.10 Å². The van der Waals surface area contributed by atoms with Gasteiger partial charge >= 0.3 is 0 Å². The maximum Gasteiger partial charge on any atom is 0.260 e. The largest absolute Gasteiger partial charge is 0.479 e. The number of thiazole rings is 1. The Kier molecular flexibility index (Phi) is 4.56. The van der Waals surface area contributed by atoms with Crippen LogP contribution in [0.4, 0.5) is 5.13 Å². The molecule has 1 aliphatic heterocycles. The van der Waals surface area contributed by atoms with Crippen molar-refractivity contribution in [2.45, 2.75) is 18.8 Å². The number of methoxy groups -OCH3 is 1. The van der Waals surface area contributed by atoms with Gasteiger partial charge in [-0.05, 0) is 30.9 Å². The second-order valence-electron chi connectivity index (χ2n) is 6.32. The molecule has 8 nitrogen and oxygen atoms in total. The SMILES string of the molecule is COc1ncc(C2CCCNC2)c2sc(NC(=O)c3cnn(C)c3)nc12. The second kappa shape index (κ2) is 7.00. The second-order valence-corrected chi connectivity index (χ2v) is 7.32. The Labute approximate surface area is 154 Å². The molecule has 1 unspecified atom stereocenters. The summed E-state index contributed by atoms with van der Waals surface area (Å²) in [6.45, 7) is 1.98. The fourth-order valence-corrected chi connectivity index (χ4v) is 4.27. The van der Waals surface area contributed by atoms with Crippen molar-refractivity contribution in [1.29, 1.82) is 0 Å². The highest BCUT2D eigenvalue weighted by Crippen LogP contribution is 2.38. The Balaban J connectivity index is 1.69. The van der Waals surface area contributed by atoms with Crippen molar-refractivity contribution in [3.05, 3.63) is 29.7 Å². The van der Waals surface area contributed by atoms with Gasteiger partial charge in [-0.15, -0.1) is 0 Å². The van der Waals surface area contributed by atoms with Gasteiger partial charge in [0.05, 0.1) is 23.6 Å². The van der Waals surface area contributed by atoms with Crippen molar-refractivity contribution in [2.75, 3.05) is 25.5 Å². The minimum absolute atomic E-state index is 0.232. The topological polar surface area (TPSA) is 94.0 Å². The van der Waals surface area contributed by atoms with E-state index in [-0.39, 0.29) is 5.91 Å². The van der Waals surface area contributed by atoms with E-state index in [1.807, 2.05) is 6.20 Å². The molecule has 3 aromatic rings. The molecule has 1 amide bonds. The molecule has 0 aliphatic carbocycles. The summed E-state index contributed by atoms with van der Waals surface area (Å²) in [7, 11) is 3.35. The number of ether oxygens (including phenoxy) is 1. The van der Waals surface area contributed by atoms with Crippen LogP contribution in [0.1, 0.15) is 34.7 Å². The molecular formula is C17H20N6O2S. The summed E-state index contributed by atoms with van der Waals surface area (Å²) in [6.07, 6.45) is 7.34. The first-order chi connectivity index (χ1) is 12.7. The molecule has 0 bridgehead atoms. The average Bonchev–Trinajstić information content (AvgIpc) is 3.27. The highest BCUT2D eigenvalue weighted by molar-refractivity contribution is 7.22. The number of carbonyl (C=O) groups is 1. The van der Waals surface area contributed by atoms with Crippen LogP contribution >= 0.6 is 11.3 Å². The third-order valence-electron chi connectivity index (χ3n) is 4.53. The molecule has 0 spiro atoms.